The number of rotatable bonds is 4. The van der Waals surface area contributed by atoms with Crippen LogP contribution in [0.2, 0.25) is 0 Å². The van der Waals surface area contributed by atoms with Crippen molar-refractivity contribution in [2.75, 3.05) is 5.32 Å². The van der Waals surface area contributed by atoms with Crippen LogP contribution in [0.3, 0.4) is 0 Å². The quantitative estimate of drug-likeness (QED) is 0.278. The molecule has 3 N–H and O–H groups in total. The van der Waals surface area contributed by atoms with Crippen LogP contribution in [0.25, 0.3) is 44.3 Å². The fourth-order valence-electron chi connectivity index (χ4n) is 4.00. The van der Waals surface area contributed by atoms with Gasteiger partial charge in [0.15, 0.2) is 0 Å². The number of aromatic nitrogens is 4. The molecule has 4 aromatic heterocycles. The number of hydrogen-bond acceptors (Lipinski definition) is 3. The summed E-state index contributed by atoms with van der Waals surface area (Å²) in [5.41, 5.74) is 3.96. The Balaban J connectivity index is 1.67. The molecular weight excluding hydrogens is 443 g/mol. The van der Waals surface area contributed by atoms with Gasteiger partial charge in [-0.1, -0.05) is 6.58 Å². The van der Waals surface area contributed by atoms with E-state index in [-0.39, 0.29) is 11.3 Å². The van der Waals surface area contributed by atoms with Crippen molar-refractivity contribution in [2.24, 2.45) is 0 Å². The molecule has 1 amide bonds. The van der Waals surface area contributed by atoms with Gasteiger partial charge in [-0.3, -0.25) is 4.79 Å². The van der Waals surface area contributed by atoms with Crippen molar-refractivity contribution in [2.45, 2.75) is 13.1 Å². The standard InChI is InChI=1S/C25H18F3N5O/c1-3-22(34)33-17-8-14(7-16(10-17)25(26,27)28)15-9-20-21(12-31-23(20)30-11-15)18-4-5-29-24-19(18)6-13(2)32-24/h3-12H,1H2,2H3,(H,29,32)(H,30,31)(H,33,34). The third-order valence-corrected chi connectivity index (χ3v) is 5.53. The molecule has 0 aliphatic heterocycles. The fraction of sp³-hybridized carbons (Fsp3) is 0.0800. The van der Waals surface area contributed by atoms with E-state index in [1.165, 1.54) is 12.3 Å². The van der Waals surface area contributed by atoms with E-state index >= 15 is 0 Å². The first kappa shape index (κ1) is 21.4. The van der Waals surface area contributed by atoms with Crippen LogP contribution in [-0.2, 0) is 11.0 Å². The van der Waals surface area contributed by atoms with Crippen LogP contribution in [0, 0.1) is 6.92 Å². The van der Waals surface area contributed by atoms with E-state index in [4.69, 9.17) is 0 Å². The normalized spacial score (nSPS) is 11.8. The summed E-state index contributed by atoms with van der Waals surface area (Å²) in [5, 5.41) is 4.09. The highest BCUT2D eigenvalue weighted by molar-refractivity contribution is 6.04. The average molecular weight is 461 g/mol. The van der Waals surface area contributed by atoms with Gasteiger partial charge in [0.2, 0.25) is 5.91 Å². The molecule has 6 nitrogen and oxygen atoms in total. The Hall–Kier alpha value is -4.40. The number of alkyl halides is 3. The Labute approximate surface area is 191 Å². The molecule has 0 radical (unpaired) electrons. The van der Waals surface area contributed by atoms with Gasteiger partial charge in [0, 0.05) is 51.9 Å². The second-order valence-electron chi connectivity index (χ2n) is 7.89. The molecule has 0 saturated carbocycles. The number of nitrogens with one attached hydrogen (secondary N) is 3. The number of aryl methyl sites for hydroxylation is 1. The number of pyridine rings is 2. The zero-order valence-electron chi connectivity index (χ0n) is 17.9. The first-order valence-corrected chi connectivity index (χ1v) is 10.3. The Morgan fingerprint density at radius 3 is 2.59 bits per heavy atom. The number of hydrogen-bond donors (Lipinski definition) is 3. The number of benzene rings is 1. The van der Waals surface area contributed by atoms with Gasteiger partial charge in [0.05, 0.1) is 5.56 Å². The minimum absolute atomic E-state index is 0.0164. The highest BCUT2D eigenvalue weighted by Crippen LogP contribution is 2.38. The molecule has 9 heteroatoms. The number of H-pyrrole nitrogens is 2. The molecule has 0 saturated heterocycles. The largest absolute Gasteiger partial charge is 0.416 e. The van der Waals surface area contributed by atoms with Crippen LogP contribution in [0.15, 0.2) is 67.6 Å². The van der Waals surface area contributed by atoms with Crippen molar-refractivity contribution in [1.29, 1.82) is 0 Å². The summed E-state index contributed by atoms with van der Waals surface area (Å²) >= 11 is 0. The summed E-state index contributed by atoms with van der Waals surface area (Å²) in [4.78, 5) is 26.8. The summed E-state index contributed by atoms with van der Waals surface area (Å²) in [6.07, 6.45) is 1.43. The van der Waals surface area contributed by atoms with E-state index in [0.717, 1.165) is 51.4 Å². The van der Waals surface area contributed by atoms with Crippen LogP contribution in [0.5, 0.6) is 0 Å². The molecule has 0 fully saturated rings. The molecule has 4 heterocycles. The van der Waals surface area contributed by atoms with Crippen LogP contribution in [0.4, 0.5) is 18.9 Å². The van der Waals surface area contributed by atoms with Gasteiger partial charge in [-0.25, -0.2) is 9.97 Å². The number of carbonyl (C=O) groups is 1. The van der Waals surface area contributed by atoms with Gasteiger partial charge in [-0.2, -0.15) is 13.2 Å². The predicted molar refractivity (Wildman–Crippen MR) is 125 cm³/mol. The molecule has 1 aromatic carbocycles. The summed E-state index contributed by atoms with van der Waals surface area (Å²) in [7, 11) is 0. The average Bonchev–Trinajstić information content (AvgIpc) is 3.40. The molecule has 0 spiro atoms. The summed E-state index contributed by atoms with van der Waals surface area (Å²) in [5.74, 6) is -0.602. The van der Waals surface area contributed by atoms with Crippen LogP contribution < -0.4 is 5.32 Å². The molecule has 5 aromatic rings. The molecule has 0 aliphatic carbocycles. The zero-order chi connectivity index (χ0) is 24.0. The lowest BCUT2D eigenvalue weighted by atomic mass is 9.99. The third kappa shape index (κ3) is 3.81. The van der Waals surface area contributed by atoms with E-state index in [0.29, 0.717) is 11.2 Å². The molecular formula is C25H18F3N5O. The van der Waals surface area contributed by atoms with Gasteiger partial charge in [0.1, 0.15) is 11.3 Å². The second-order valence-corrected chi connectivity index (χ2v) is 7.89. The highest BCUT2D eigenvalue weighted by atomic mass is 19.4. The van der Waals surface area contributed by atoms with Crippen molar-refractivity contribution in [3.05, 3.63) is 78.9 Å². The summed E-state index contributed by atoms with van der Waals surface area (Å²) in [6, 6.07) is 9.08. The van der Waals surface area contributed by atoms with Gasteiger partial charge in [-0.15, -0.1) is 0 Å². The lowest BCUT2D eigenvalue weighted by Crippen LogP contribution is -2.10. The van der Waals surface area contributed by atoms with E-state index in [1.54, 1.807) is 12.3 Å². The first-order valence-electron chi connectivity index (χ1n) is 10.3. The number of nitrogens with zero attached hydrogens (tertiary/aromatic N) is 2. The van der Waals surface area contributed by atoms with Crippen molar-refractivity contribution < 1.29 is 18.0 Å². The number of halogens is 3. The monoisotopic (exact) mass is 461 g/mol. The van der Waals surface area contributed by atoms with E-state index in [1.807, 2.05) is 25.3 Å². The Morgan fingerprint density at radius 2 is 1.82 bits per heavy atom. The molecule has 0 aliphatic rings. The Kier molecular flexibility index (Phi) is 4.97. The second kappa shape index (κ2) is 7.87. The molecule has 0 unspecified atom stereocenters. The summed E-state index contributed by atoms with van der Waals surface area (Å²) < 4.78 is 40.7. The lowest BCUT2D eigenvalue weighted by Gasteiger charge is -2.13. The van der Waals surface area contributed by atoms with Gasteiger partial charge < -0.3 is 15.3 Å². The number of anilines is 1. The maximum Gasteiger partial charge on any atom is 0.416 e. The number of amides is 1. The topological polar surface area (TPSA) is 86.5 Å². The number of aromatic amines is 2. The van der Waals surface area contributed by atoms with Crippen LogP contribution >= 0.6 is 0 Å². The number of carbonyl (C=O) groups excluding carboxylic acids is 1. The van der Waals surface area contributed by atoms with Crippen LogP contribution in [0.1, 0.15) is 11.3 Å². The van der Waals surface area contributed by atoms with E-state index in [2.05, 4.69) is 31.8 Å². The van der Waals surface area contributed by atoms with Crippen molar-refractivity contribution >= 4 is 33.7 Å². The minimum Gasteiger partial charge on any atom is -0.346 e. The first-order chi connectivity index (χ1) is 16.2. The van der Waals surface area contributed by atoms with Crippen molar-refractivity contribution in [1.82, 2.24) is 19.9 Å². The molecule has 170 valence electrons. The molecule has 5 rings (SSSR count). The van der Waals surface area contributed by atoms with Crippen molar-refractivity contribution in [3.63, 3.8) is 0 Å². The van der Waals surface area contributed by atoms with E-state index < -0.39 is 17.6 Å². The smallest absolute Gasteiger partial charge is 0.346 e. The summed E-state index contributed by atoms with van der Waals surface area (Å²) in [6.45, 7) is 5.29. The van der Waals surface area contributed by atoms with Crippen LogP contribution in [-0.4, -0.2) is 25.8 Å². The Morgan fingerprint density at radius 1 is 1.03 bits per heavy atom. The minimum atomic E-state index is -4.59. The Bertz CT molecular complexity index is 1580. The molecule has 0 bridgehead atoms. The maximum absolute atomic E-state index is 13.6. The van der Waals surface area contributed by atoms with Gasteiger partial charge >= 0.3 is 6.18 Å². The zero-order valence-corrected chi connectivity index (χ0v) is 17.9. The van der Waals surface area contributed by atoms with E-state index in [9.17, 15) is 18.0 Å². The molecule has 34 heavy (non-hydrogen) atoms. The lowest BCUT2D eigenvalue weighted by molar-refractivity contribution is -0.137. The molecule has 0 atom stereocenters. The number of fused-ring (bicyclic) bond motifs is 2. The van der Waals surface area contributed by atoms with Crippen molar-refractivity contribution in [3.8, 4) is 22.3 Å². The maximum atomic E-state index is 13.6. The van der Waals surface area contributed by atoms with Gasteiger partial charge in [-0.05, 0) is 60.5 Å². The SMILES string of the molecule is C=CC(=O)Nc1cc(-c2cnc3[nH]cc(-c4ccnc5[nH]c(C)cc45)c3c2)cc(C(F)(F)F)c1. The predicted octanol–water partition coefficient (Wildman–Crippen LogP) is 6.22. The third-order valence-electron chi connectivity index (χ3n) is 5.53. The fourth-order valence-corrected chi connectivity index (χ4v) is 4.00. The highest BCUT2D eigenvalue weighted by Gasteiger charge is 2.31. The van der Waals surface area contributed by atoms with Gasteiger partial charge in [0.25, 0.3) is 0 Å².